The van der Waals surface area contributed by atoms with Gasteiger partial charge < -0.3 is 46.1 Å². The number of rotatable bonds is 65. The molecule has 0 bridgehead atoms. The summed E-state index contributed by atoms with van der Waals surface area (Å²) in [6.07, 6.45) is 38.7. The fraction of sp³-hybridized carbons (Fsp3) is 0.772. The van der Waals surface area contributed by atoms with Crippen molar-refractivity contribution in [1.82, 2.24) is 58.8 Å². The van der Waals surface area contributed by atoms with Crippen LogP contribution < -0.4 is 56.6 Å². The molecule has 0 aliphatic rings. The smallest absolute Gasteiger partial charge is 0.336 e. The Hall–Kier alpha value is -1.29. The minimum atomic E-state index is 0. The van der Waals surface area contributed by atoms with E-state index < -0.39 is 0 Å². The molecule has 0 heterocycles. The van der Waals surface area contributed by atoms with Gasteiger partial charge in [0.2, 0.25) is 0 Å². The predicted octanol–water partition coefficient (Wildman–Crippen LogP) is 10.3. The molecule has 5 unspecified atom stereocenters. The van der Waals surface area contributed by atoms with Crippen molar-refractivity contribution in [2.75, 3.05) is 217 Å². The Morgan fingerprint density at radius 1 is 0.327 bits per heavy atom. The maximum absolute atomic E-state index is 4.34. The van der Waals surface area contributed by atoms with Gasteiger partial charge >= 0.3 is 56.6 Å². The summed E-state index contributed by atoms with van der Waals surface area (Å²) < 4.78 is 0. The van der Waals surface area contributed by atoms with E-state index in [1.165, 1.54) is 167 Å². The molecule has 0 aromatic rings. The number of unbranched alkanes of at least 4 members (excludes halogenated alkanes) is 6. The third kappa shape index (κ3) is 74.6. The Morgan fingerprint density at radius 3 is 0.841 bits per heavy atom. The molecule has 107 heavy (non-hydrogen) atoms. The van der Waals surface area contributed by atoms with Crippen LogP contribution in [-0.2, 0) is 0 Å². The van der Waals surface area contributed by atoms with Gasteiger partial charge in [-0.3, -0.25) is 19.6 Å². The van der Waals surface area contributed by atoms with Gasteiger partial charge in [0, 0.05) is 24.2 Å². The van der Waals surface area contributed by atoms with Crippen LogP contribution in [0.4, 0.5) is 0 Å². The van der Waals surface area contributed by atoms with Gasteiger partial charge in [-0.05, 0) is 335 Å². The standard InChI is InChI=1S/3C24H48N3.C20H39N3.3Li/c1-10-11-14-22(4)23(5)15-16-24(21(2)3)27(19-12-17-25(6)7)20-13-18-26(8)9;1-9-10-11-12-15-23(4)16-17-24(22(2)3)27(20-13-18-25(5)6)21-14-19-26(7)8;1-9-11-12-15-23(10-2)16-17-24(22(3)4)27(20-13-18-25(5)6)21-14-19-26(7)8;1-9-19(4)12-13-20(18(2)3)23(16-10-14-21(5)6)17-11-15-22(7)8;;;/h22,24H,2,4-5,10-20H2,1,3,6-9H3;15,24H,2,4,9-14,16-21H2,1,3,5-8H3;10,24H,2-3,9,11-21H2,1,4-8H3;9,20H,1-2,4,10-17H2,3,5-8H3;;;/q3*-1;;3*+1/b;23-15-;23-10-;;;;. The number of nitrogens with zero attached hydrogens (tertiary/aromatic N) is 12. The van der Waals surface area contributed by atoms with E-state index in [1.807, 2.05) is 6.08 Å². The van der Waals surface area contributed by atoms with Crippen molar-refractivity contribution in [3.8, 4) is 0 Å². The number of allylic oxidation sites excluding steroid dienone is 7. The van der Waals surface area contributed by atoms with E-state index in [4.69, 9.17) is 0 Å². The van der Waals surface area contributed by atoms with Crippen molar-refractivity contribution in [3.63, 3.8) is 0 Å². The van der Waals surface area contributed by atoms with Crippen LogP contribution >= 0.6 is 0 Å². The van der Waals surface area contributed by atoms with E-state index in [0.717, 1.165) is 155 Å². The van der Waals surface area contributed by atoms with E-state index in [-0.39, 0.29) is 56.6 Å². The van der Waals surface area contributed by atoms with E-state index in [1.54, 1.807) is 0 Å². The molecule has 0 fully saturated rings. The minimum Gasteiger partial charge on any atom is -0.336 e. The van der Waals surface area contributed by atoms with Crippen LogP contribution in [0.3, 0.4) is 0 Å². The molecule has 0 saturated carbocycles. The summed E-state index contributed by atoms with van der Waals surface area (Å²) in [4.78, 5) is 28.8. The first kappa shape index (κ1) is 119. The first-order valence-electron chi connectivity index (χ1n) is 41.6. The van der Waals surface area contributed by atoms with Crippen molar-refractivity contribution < 1.29 is 56.6 Å². The molecule has 5 atom stereocenters. The molecule has 0 aromatic heterocycles. The first-order valence-corrected chi connectivity index (χ1v) is 41.6. The van der Waals surface area contributed by atoms with Crippen molar-refractivity contribution in [2.24, 2.45) is 5.92 Å². The molecule has 0 rings (SSSR count). The van der Waals surface area contributed by atoms with Crippen molar-refractivity contribution in [1.29, 1.82) is 0 Å². The maximum atomic E-state index is 4.34. The second kappa shape index (κ2) is 78.6. The fourth-order valence-corrected chi connectivity index (χ4v) is 13.4. The van der Waals surface area contributed by atoms with Crippen LogP contribution in [0.1, 0.15) is 222 Å². The van der Waals surface area contributed by atoms with Crippen LogP contribution in [0.5, 0.6) is 0 Å². The molecule has 0 aliphatic heterocycles. The summed E-state index contributed by atoms with van der Waals surface area (Å²) in [5, 5.41) is 0. The second-order valence-corrected chi connectivity index (χ2v) is 33.0. The average molecular weight is 1480 g/mol. The molecule has 0 spiro atoms. The van der Waals surface area contributed by atoms with Gasteiger partial charge in [0.25, 0.3) is 0 Å². The van der Waals surface area contributed by atoms with E-state index >= 15 is 0 Å². The topological polar surface area (TPSA) is 38.9 Å². The van der Waals surface area contributed by atoms with Crippen LogP contribution in [0.25, 0.3) is 0 Å². The molecule has 0 aromatic carbocycles. The van der Waals surface area contributed by atoms with Crippen LogP contribution in [0.2, 0.25) is 0 Å². The quantitative estimate of drug-likeness (QED) is 0.0192. The van der Waals surface area contributed by atoms with Crippen LogP contribution in [0, 0.1) is 26.7 Å². The molecule has 15 heteroatoms. The molecule has 0 aliphatic carbocycles. The van der Waals surface area contributed by atoms with Crippen molar-refractivity contribution >= 4 is 0 Å². The molecule has 12 nitrogen and oxygen atoms in total. The summed E-state index contributed by atoms with van der Waals surface area (Å²) in [5.41, 5.74) is 10.4. The molecule has 0 radical (unpaired) electrons. The average Bonchev–Trinajstić information content (AvgIpc) is 0.909. The molecular formula is C92H183Li3N12. The summed E-state index contributed by atoms with van der Waals surface area (Å²) >= 11 is 0. The largest absolute Gasteiger partial charge is 1.00 e. The molecular weight excluding hydrogens is 1290 g/mol. The molecule has 614 valence electrons. The van der Waals surface area contributed by atoms with Gasteiger partial charge in [-0.1, -0.05) is 171 Å². The Kier molecular flexibility index (Phi) is 87.4. The zero-order valence-electron chi connectivity index (χ0n) is 77.5. The van der Waals surface area contributed by atoms with Gasteiger partial charge in [0.15, 0.2) is 0 Å². The van der Waals surface area contributed by atoms with Gasteiger partial charge in [-0.25, -0.2) is 37.1 Å². The SMILES string of the molecule is C=C(C)C(CC/C(=C\[CH2-])CCCCC)N(CCCN(C)C)CCCN(C)C.C=C(C)C(CC/C([CH2-])=C\CCCCC)N(CCCN(C)C)CCCN(C)C.C=C(CCC(C(=C)C)N(CCCN(C)C)CCCN(C)C)C([CH2-])CCCC.C=CC(=C)CCC(C(=C)C)N(CCCN(C)C)CCCN(C)C.[Li+].[Li+].[Li+]. The number of hydrogen-bond acceptors (Lipinski definition) is 12. The van der Waals surface area contributed by atoms with Gasteiger partial charge in [-0.2, -0.15) is 0 Å². The first-order chi connectivity index (χ1) is 49.0. The van der Waals surface area contributed by atoms with E-state index in [2.05, 4.69) is 299 Å². The number of hydrogen-bond donors (Lipinski definition) is 0. The normalized spacial score (nSPS) is 13.3. The zero-order chi connectivity index (χ0) is 80.0. The summed E-state index contributed by atoms with van der Waals surface area (Å²) in [7, 11) is 34.4. The monoisotopic (exact) mass is 1480 g/mol. The van der Waals surface area contributed by atoms with Gasteiger partial charge in [0.05, 0.1) is 0 Å². The zero-order valence-corrected chi connectivity index (χ0v) is 77.5. The van der Waals surface area contributed by atoms with Gasteiger partial charge in [-0.15, -0.1) is 24.5 Å². The predicted molar refractivity (Wildman–Crippen MR) is 475 cm³/mol. The molecule has 0 amide bonds. The third-order valence-corrected chi connectivity index (χ3v) is 19.8. The molecule has 0 N–H and O–H groups in total. The summed E-state index contributed by atoms with van der Waals surface area (Å²) in [6, 6.07) is 1.84. The Balaban J connectivity index is -0.000000247. The summed E-state index contributed by atoms with van der Waals surface area (Å²) in [6.45, 7) is 75.9. The third-order valence-electron chi connectivity index (χ3n) is 19.8. The Morgan fingerprint density at radius 2 is 0.589 bits per heavy atom. The Labute approximate surface area is 709 Å². The molecule has 0 saturated heterocycles. The van der Waals surface area contributed by atoms with Crippen LogP contribution in [-0.4, -0.2) is 300 Å². The second-order valence-electron chi connectivity index (χ2n) is 33.0. The minimum absolute atomic E-state index is 0. The van der Waals surface area contributed by atoms with E-state index in [9.17, 15) is 0 Å². The fourth-order valence-electron chi connectivity index (χ4n) is 13.4. The Bertz CT molecular complexity index is 2110. The van der Waals surface area contributed by atoms with E-state index in [0.29, 0.717) is 30.1 Å². The van der Waals surface area contributed by atoms with Crippen molar-refractivity contribution in [3.05, 3.63) is 130 Å². The summed E-state index contributed by atoms with van der Waals surface area (Å²) in [5.74, 6) is 0.395. The van der Waals surface area contributed by atoms with Gasteiger partial charge in [0.1, 0.15) is 0 Å². The van der Waals surface area contributed by atoms with Crippen molar-refractivity contribution in [2.45, 2.75) is 246 Å². The maximum Gasteiger partial charge on any atom is 1.00 e. The van der Waals surface area contributed by atoms with Crippen LogP contribution in [0.15, 0.2) is 109 Å².